The van der Waals surface area contributed by atoms with Crippen LogP contribution >= 0.6 is 0 Å². The number of likely N-dealkylation sites (tertiary alicyclic amines) is 1. The first-order chi connectivity index (χ1) is 18.6. The number of ether oxygens (including phenoxy) is 2. The minimum Gasteiger partial charge on any atom is -0.507 e. The highest BCUT2D eigenvalue weighted by atomic mass is 16.6. The zero-order valence-corrected chi connectivity index (χ0v) is 23.4. The number of aromatic hydroxyl groups is 2. The molecule has 0 amide bonds. The van der Waals surface area contributed by atoms with Crippen LogP contribution in [0, 0.1) is 17.8 Å². The molecule has 2 saturated heterocycles. The van der Waals surface area contributed by atoms with Gasteiger partial charge in [0, 0.05) is 42.0 Å². The third-order valence-electron chi connectivity index (χ3n) is 9.58. The smallest absolute Gasteiger partial charge is 0.200 e. The van der Waals surface area contributed by atoms with Crippen molar-refractivity contribution in [3.63, 3.8) is 0 Å². The van der Waals surface area contributed by atoms with E-state index < -0.39 is 17.1 Å². The Morgan fingerprint density at radius 1 is 1.08 bits per heavy atom. The number of hydrogen-bond donors (Lipinski definition) is 2. The van der Waals surface area contributed by atoms with E-state index >= 15 is 0 Å². The van der Waals surface area contributed by atoms with Crippen LogP contribution in [0.3, 0.4) is 0 Å². The van der Waals surface area contributed by atoms with Crippen LogP contribution < -0.4 is 4.74 Å². The summed E-state index contributed by atoms with van der Waals surface area (Å²) in [5.74, 6) is -1.30. The van der Waals surface area contributed by atoms with Crippen molar-refractivity contribution in [1.82, 2.24) is 4.90 Å². The number of hydrogen-bond acceptors (Lipinski definition) is 7. The van der Waals surface area contributed by atoms with E-state index in [1.165, 1.54) is 12.5 Å². The summed E-state index contributed by atoms with van der Waals surface area (Å²) in [6, 6.07) is 1.44. The molecule has 208 valence electrons. The molecule has 1 aromatic rings. The van der Waals surface area contributed by atoms with Crippen LogP contribution in [-0.2, 0) is 16.0 Å². The second-order valence-electron chi connectivity index (χ2n) is 12.5. The number of fused-ring (bicyclic) bond motifs is 1. The third-order valence-corrected chi connectivity index (χ3v) is 9.58. The first-order valence-corrected chi connectivity index (χ1v) is 14.3. The molecule has 7 rings (SSSR count). The van der Waals surface area contributed by atoms with Gasteiger partial charge in [-0.1, -0.05) is 35.8 Å². The zero-order chi connectivity index (χ0) is 27.7. The van der Waals surface area contributed by atoms with Crippen LogP contribution in [-0.4, -0.2) is 64.1 Å². The number of nitrogens with zero attached hydrogens (tertiary/aromatic N) is 1. The van der Waals surface area contributed by atoms with Crippen molar-refractivity contribution in [2.45, 2.75) is 71.0 Å². The van der Waals surface area contributed by atoms with Gasteiger partial charge in [0.1, 0.15) is 22.8 Å². The number of carbonyl (C=O) groups excluding carboxylic acids is 2. The van der Waals surface area contributed by atoms with E-state index in [4.69, 9.17) is 9.47 Å². The van der Waals surface area contributed by atoms with Crippen molar-refractivity contribution < 1.29 is 29.3 Å². The van der Waals surface area contributed by atoms with Gasteiger partial charge >= 0.3 is 0 Å². The Labute approximate surface area is 230 Å². The molecular formula is C32H39NO6. The number of piperidine rings is 1. The fourth-order valence-corrected chi connectivity index (χ4v) is 7.65. The maximum absolute atomic E-state index is 14.3. The number of Topliss-reactive ketones (excluding diaryl/α,β-unsaturated/α-hetero) is 2. The Hall–Kier alpha value is -2.90. The summed E-state index contributed by atoms with van der Waals surface area (Å²) in [7, 11) is 0. The first-order valence-electron chi connectivity index (χ1n) is 14.3. The van der Waals surface area contributed by atoms with Gasteiger partial charge in [0.05, 0.1) is 6.61 Å². The Morgan fingerprint density at radius 2 is 1.79 bits per heavy atom. The maximum atomic E-state index is 14.3. The van der Waals surface area contributed by atoms with Gasteiger partial charge in [0.25, 0.3) is 0 Å². The molecule has 3 aliphatic carbocycles. The lowest BCUT2D eigenvalue weighted by Gasteiger charge is -2.58. The standard InChI is InChI=1S/C32H39NO6/c1-18(2)8-9-20-25(34)15-26-27(28(20)35)29(36)23-14-21-22(16-33-12-6-5-7-13-33)24-17-38-31(30(21)37,11-10-19(3)4)32(23,24)39-26/h8,10,14-15,21-22,24,34-35H,5-7,9,11-13,16-17H2,1-4H3/t21-,22+,24-,31?,32-/m1/s1. The molecule has 0 aromatic heterocycles. The molecule has 39 heavy (non-hydrogen) atoms. The normalized spacial score (nSPS) is 32.7. The summed E-state index contributed by atoms with van der Waals surface area (Å²) in [6.07, 6.45) is 9.86. The molecular weight excluding hydrogens is 494 g/mol. The molecule has 3 fully saturated rings. The number of benzene rings is 1. The fourth-order valence-electron chi connectivity index (χ4n) is 7.65. The van der Waals surface area contributed by atoms with Crippen LogP contribution in [0.1, 0.15) is 69.3 Å². The molecule has 7 nitrogen and oxygen atoms in total. The second kappa shape index (κ2) is 9.34. The van der Waals surface area contributed by atoms with Gasteiger partial charge in [-0.05, 0) is 66.0 Å². The Morgan fingerprint density at radius 3 is 2.49 bits per heavy atom. The van der Waals surface area contributed by atoms with E-state index in [0.717, 1.165) is 43.6 Å². The van der Waals surface area contributed by atoms with Crippen LogP contribution in [0.25, 0.3) is 0 Å². The second-order valence-corrected chi connectivity index (χ2v) is 12.5. The number of carbonyl (C=O) groups is 2. The topological polar surface area (TPSA) is 96.3 Å². The molecule has 1 saturated carbocycles. The van der Waals surface area contributed by atoms with Crippen LogP contribution in [0.5, 0.6) is 17.2 Å². The van der Waals surface area contributed by atoms with Crippen molar-refractivity contribution in [1.29, 1.82) is 0 Å². The Kier molecular flexibility index (Phi) is 6.31. The van der Waals surface area contributed by atoms with Gasteiger partial charge in [-0.15, -0.1) is 0 Å². The lowest BCUT2D eigenvalue weighted by Crippen LogP contribution is -2.74. The van der Waals surface area contributed by atoms with Gasteiger partial charge in [-0.3, -0.25) is 9.59 Å². The number of ketones is 2. The van der Waals surface area contributed by atoms with E-state index in [9.17, 15) is 19.8 Å². The summed E-state index contributed by atoms with van der Waals surface area (Å²) in [4.78, 5) is 31.0. The van der Waals surface area contributed by atoms with E-state index in [1.807, 2.05) is 45.9 Å². The molecule has 4 bridgehead atoms. The highest BCUT2D eigenvalue weighted by Gasteiger charge is 2.79. The van der Waals surface area contributed by atoms with Crippen LogP contribution in [0.4, 0.5) is 0 Å². The highest BCUT2D eigenvalue weighted by molar-refractivity contribution is 6.18. The molecule has 7 heteroatoms. The summed E-state index contributed by atoms with van der Waals surface area (Å²) in [6.45, 7) is 10.9. The van der Waals surface area contributed by atoms with Crippen molar-refractivity contribution in [3.8, 4) is 17.2 Å². The summed E-state index contributed by atoms with van der Waals surface area (Å²) < 4.78 is 13.3. The highest BCUT2D eigenvalue weighted by Crippen LogP contribution is 2.65. The average molecular weight is 534 g/mol. The van der Waals surface area contributed by atoms with E-state index in [0.29, 0.717) is 30.6 Å². The zero-order valence-electron chi connectivity index (χ0n) is 23.4. The van der Waals surface area contributed by atoms with E-state index in [-0.39, 0.29) is 46.2 Å². The molecule has 2 N–H and O–H groups in total. The summed E-state index contributed by atoms with van der Waals surface area (Å²) in [5, 5.41) is 22.1. The molecule has 3 heterocycles. The van der Waals surface area contributed by atoms with Crippen LogP contribution in [0.2, 0.25) is 0 Å². The predicted octanol–water partition coefficient (Wildman–Crippen LogP) is 4.90. The molecule has 3 aliphatic heterocycles. The van der Waals surface area contributed by atoms with Crippen molar-refractivity contribution in [2.75, 3.05) is 26.2 Å². The summed E-state index contributed by atoms with van der Waals surface area (Å²) in [5.41, 5.74) is 0.256. The van der Waals surface area contributed by atoms with Gasteiger partial charge in [-0.25, -0.2) is 0 Å². The predicted molar refractivity (Wildman–Crippen MR) is 147 cm³/mol. The number of phenols is 2. The molecule has 6 aliphatic rings. The van der Waals surface area contributed by atoms with Gasteiger partial charge in [-0.2, -0.15) is 0 Å². The van der Waals surface area contributed by atoms with Crippen molar-refractivity contribution in [3.05, 3.63) is 52.1 Å². The lowest BCUT2D eigenvalue weighted by atomic mass is 9.49. The molecule has 1 spiro atoms. The lowest BCUT2D eigenvalue weighted by molar-refractivity contribution is -0.171. The Balaban J connectivity index is 1.50. The number of rotatable bonds is 6. The van der Waals surface area contributed by atoms with Crippen molar-refractivity contribution >= 4 is 11.6 Å². The molecule has 1 unspecified atom stereocenters. The first kappa shape index (κ1) is 26.3. The molecule has 5 atom stereocenters. The maximum Gasteiger partial charge on any atom is 0.200 e. The van der Waals surface area contributed by atoms with Crippen molar-refractivity contribution in [2.24, 2.45) is 17.8 Å². The van der Waals surface area contributed by atoms with E-state index in [1.54, 1.807) is 0 Å². The molecule has 0 radical (unpaired) electrons. The monoisotopic (exact) mass is 533 g/mol. The average Bonchev–Trinajstić information content (AvgIpc) is 3.17. The minimum atomic E-state index is -1.32. The van der Waals surface area contributed by atoms with Gasteiger partial charge < -0.3 is 24.6 Å². The summed E-state index contributed by atoms with van der Waals surface area (Å²) >= 11 is 0. The van der Waals surface area contributed by atoms with Gasteiger partial charge in [0.2, 0.25) is 0 Å². The van der Waals surface area contributed by atoms with Crippen LogP contribution in [0.15, 0.2) is 41.0 Å². The van der Waals surface area contributed by atoms with Gasteiger partial charge in [0.15, 0.2) is 22.8 Å². The SMILES string of the molecule is CC(C)=CCc1c(O)cc2c(c1O)C(=O)C1=C[C@H]3C(=O)C4(CC=C(C)C)OC[C@H]([C@H]3CN3CCCCC3)[C@]14O2. The number of phenolic OH excluding ortho intramolecular Hbond substituents is 2. The minimum absolute atomic E-state index is 0.0237. The fraction of sp³-hybridized carbons (Fsp3) is 0.562. The number of allylic oxidation sites excluding steroid dienone is 4. The third kappa shape index (κ3) is 3.69. The quantitative estimate of drug-likeness (QED) is 0.502. The Bertz CT molecular complexity index is 1330. The largest absolute Gasteiger partial charge is 0.507 e. The molecule has 1 aromatic carbocycles. The van der Waals surface area contributed by atoms with E-state index in [2.05, 4.69) is 4.90 Å².